The molecule has 0 saturated carbocycles. The summed E-state index contributed by atoms with van der Waals surface area (Å²) in [5, 5.41) is 8.70. The maximum atomic E-state index is 13.4. The van der Waals surface area contributed by atoms with Gasteiger partial charge in [-0.1, -0.05) is 93.4 Å². The van der Waals surface area contributed by atoms with Crippen molar-refractivity contribution in [2.75, 3.05) is 19.7 Å². The van der Waals surface area contributed by atoms with Crippen LogP contribution in [0.5, 0.6) is 5.75 Å². The molecule has 39 heavy (non-hydrogen) atoms. The summed E-state index contributed by atoms with van der Waals surface area (Å²) in [5.74, 6) is -0.174. The minimum Gasteiger partial charge on any atom is -0.494 e. The molecule has 0 spiro atoms. The van der Waals surface area contributed by atoms with Crippen LogP contribution in [0.25, 0.3) is 0 Å². The van der Waals surface area contributed by atoms with Gasteiger partial charge in [0.25, 0.3) is 0 Å². The molecule has 0 bridgehead atoms. The molecular formula is C31H37ClF3NO3. The highest BCUT2D eigenvalue weighted by atomic mass is 35.5. The van der Waals surface area contributed by atoms with Crippen LogP contribution in [0.15, 0.2) is 72.8 Å². The van der Waals surface area contributed by atoms with Crippen LogP contribution in [0.2, 0.25) is 5.02 Å². The van der Waals surface area contributed by atoms with Gasteiger partial charge in [0.15, 0.2) is 0 Å². The first-order chi connectivity index (χ1) is 18.5. The van der Waals surface area contributed by atoms with Crippen LogP contribution in [0.1, 0.15) is 61.8 Å². The molecular weight excluding hydrogens is 527 g/mol. The summed E-state index contributed by atoms with van der Waals surface area (Å²) >= 11 is 6.17. The van der Waals surface area contributed by atoms with Crippen LogP contribution >= 0.6 is 11.6 Å². The average molecular weight is 564 g/mol. The van der Waals surface area contributed by atoms with Crippen molar-refractivity contribution in [1.82, 2.24) is 4.90 Å². The summed E-state index contributed by atoms with van der Waals surface area (Å²) in [6, 6.07) is 20.9. The van der Waals surface area contributed by atoms with Crippen molar-refractivity contribution in [1.29, 1.82) is 0 Å². The monoisotopic (exact) mass is 563 g/mol. The van der Waals surface area contributed by atoms with Crippen LogP contribution in [0, 0.1) is 0 Å². The summed E-state index contributed by atoms with van der Waals surface area (Å²) in [6.45, 7) is 8.20. The Bertz CT molecular complexity index is 1160. The van der Waals surface area contributed by atoms with E-state index in [-0.39, 0.29) is 23.9 Å². The van der Waals surface area contributed by atoms with E-state index < -0.39 is 17.7 Å². The van der Waals surface area contributed by atoms with E-state index in [0.29, 0.717) is 43.0 Å². The predicted molar refractivity (Wildman–Crippen MR) is 150 cm³/mol. The Labute approximate surface area is 234 Å². The molecule has 0 amide bonds. The molecule has 0 heterocycles. The zero-order valence-corrected chi connectivity index (χ0v) is 23.4. The lowest BCUT2D eigenvalue weighted by molar-refractivity contribution is -0.138. The van der Waals surface area contributed by atoms with Crippen LogP contribution in [-0.4, -0.2) is 35.7 Å². The summed E-state index contributed by atoms with van der Waals surface area (Å²) in [7, 11) is 0. The van der Waals surface area contributed by atoms with E-state index in [9.17, 15) is 18.0 Å². The van der Waals surface area contributed by atoms with Crippen LogP contribution in [0.3, 0.4) is 0 Å². The second-order valence-electron chi connectivity index (χ2n) is 9.45. The Morgan fingerprint density at radius 3 is 2.33 bits per heavy atom. The SMILES string of the molecule is CC(CN(CCCOc1cccc(CC(=O)O)c1)Cc1cccc(C(F)(F)F)c1Cl)c1ccccc1.CCC. The molecule has 8 heteroatoms. The minimum absolute atomic E-state index is 0.0832. The van der Waals surface area contributed by atoms with Crippen LogP contribution < -0.4 is 4.74 Å². The van der Waals surface area contributed by atoms with E-state index >= 15 is 0 Å². The smallest absolute Gasteiger partial charge is 0.417 e. The molecule has 4 nitrogen and oxygen atoms in total. The molecule has 0 aliphatic rings. The lowest BCUT2D eigenvalue weighted by atomic mass is 10.00. The fraction of sp³-hybridized carbons (Fsp3) is 0.387. The summed E-state index contributed by atoms with van der Waals surface area (Å²) in [5.41, 5.74) is 1.39. The molecule has 0 aromatic heterocycles. The number of carboxylic acid groups (broad SMARTS) is 1. The first-order valence-corrected chi connectivity index (χ1v) is 13.5. The number of rotatable bonds is 12. The number of benzene rings is 3. The maximum Gasteiger partial charge on any atom is 0.417 e. The molecule has 0 fully saturated rings. The van der Waals surface area contributed by atoms with Gasteiger partial charge in [-0.25, -0.2) is 0 Å². The van der Waals surface area contributed by atoms with Gasteiger partial charge >= 0.3 is 12.1 Å². The number of ether oxygens (including phenoxy) is 1. The van der Waals surface area contributed by atoms with Gasteiger partial charge in [-0.2, -0.15) is 13.2 Å². The summed E-state index contributed by atoms with van der Waals surface area (Å²) in [4.78, 5) is 13.0. The van der Waals surface area contributed by atoms with Gasteiger partial charge in [0.2, 0.25) is 0 Å². The van der Waals surface area contributed by atoms with Gasteiger partial charge in [0.1, 0.15) is 5.75 Å². The van der Waals surface area contributed by atoms with Crippen molar-refractivity contribution in [3.63, 3.8) is 0 Å². The minimum atomic E-state index is -4.52. The zero-order valence-electron chi connectivity index (χ0n) is 22.7. The number of aliphatic carboxylic acids is 1. The van der Waals surface area contributed by atoms with Crippen LogP contribution in [-0.2, 0) is 23.9 Å². The van der Waals surface area contributed by atoms with Gasteiger partial charge in [0, 0.05) is 19.6 Å². The maximum absolute atomic E-state index is 13.4. The van der Waals surface area contributed by atoms with E-state index in [0.717, 1.165) is 11.6 Å². The lowest BCUT2D eigenvalue weighted by Crippen LogP contribution is -2.30. The van der Waals surface area contributed by atoms with Gasteiger partial charge in [-0.3, -0.25) is 9.69 Å². The Morgan fingerprint density at radius 2 is 1.69 bits per heavy atom. The quantitative estimate of drug-likeness (QED) is 0.224. The van der Waals surface area contributed by atoms with E-state index in [1.165, 1.54) is 12.5 Å². The highest BCUT2D eigenvalue weighted by molar-refractivity contribution is 6.32. The van der Waals surface area contributed by atoms with Gasteiger partial charge < -0.3 is 9.84 Å². The molecule has 1 atom stereocenters. The standard InChI is InChI=1S/C28H29ClF3NO3.C3H8/c1-20(22-9-3-2-4-10-22)18-33(19-23-11-6-13-25(27(23)29)28(30,31)32)14-7-15-36-24-12-5-8-21(16-24)17-26(34)35;1-3-2/h2-6,8-13,16,20H,7,14-15,17-19H2,1H3,(H,34,35);3H2,1-2H3. The number of carboxylic acids is 1. The third kappa shape index (κ3) is 11.3. The molecule has 212 valence electrons. The fourth-order valence-electron chi connectivity index (χ4n) is 4.07. The van der Waals surface area contributed by atoms with Gasteiger partial charge in [-0.15, -0.1) is 0 Å². The molecule has 1 N–H and O–H groups in total. The number of alkyl halides is 3. The average Bonchev–Trinajstić information content (AvgIpc) is 2.88. The highest BCUT2D eigenvalue weighted by Gasteiger charge is 2.34. The van der Waals surface area contributed by atoms with Gasteiger partial charge in [0.05, 0.1) is 23.6 Å². The van der Waals surface area contributed by atoms with E-state index in [2.05, 4.69) is 25.7 Å². The second kappa shape index (κ2) is 16.2. The van der Waals surface area contributed by atoms with Crippen LogP contribution in [0.4, 0.5) is 13.2 Å². The Hall–Kier alpha value is -3.03. The van der Waals surface area contributed by atoms with E-state index in [4.69, 9.17) is 21.4 Å². The number of hydrogen-bond donors (Lipinski definition) is 1. The molecule has 3 aromatic carbocycles. The Morgan fingerprint density at radius 1 is 1.03 bits per heavy atom. The van der Waals surface area contributed by atoms with E-state index in [1.54, 1.807) is 30.3 Å². The third-order valence-electron chi connectivity index (χ3n) is 5.82. The number of nitrogens with zero attached hydrogens (tertiary/aromatic N) is 1. The largest absolute Gasteiger partial charge is 0.494 e. The molecule has 1 unspecified atom stereocenters. The lowest BCUT2D eigenvalue weighted by Gasteiger charge is -2.27. The molecule has 0 aliphatic carbocycles. The number of halogens is 4. The van der Waals surface area contributed by atoms with Crippen molar-refractivity contribution in [2.24, 2.45) is 0 Å². The van der Waals surface area contributed by atoms with E-state index in [1.807, 2.05) is 30.3 Å². The fourth-order valence-corrected chi connectivity index (χ4v) is 4.36. The molecule has 3 rings (SSSR count). The topological polar surface area (TPSA) is 49.8 Å². The van der Waals surface area contributed by atoms with Crippen molar-refractivity contribution >= 4 is 17.6 Å². The summed E-state index contributed by atoms with van der Waals surface area (Å²) < 4.78 is 45.9. The second-order valence-corrected chi connectivity index (χ2v) is 9.83. The van der Waals surface area contributed by atoms with Crippen molar-refractivity contribution in [2.45, 2.75) is 58.7 Å². The number of hydrogen-bond acceptors (Lipinski definition) is 3. The first kappa shape index (κ1) is 32.2. The third-order valence-corrected chi connectivity index (χ3v) is 6.27. The molecule has 0 saturated heterocycles. The van der Waals surface area contributed by atoms with Crippen molar-refractivity contribution in [3.8, 4) is 5.75 Å². The number of carbonyl (C=O) groups is 1. The highest BCUT2D eigenvalue weighted by Crippen LogP contribution is 2.36. The molecule has 3 aromatic rings. The first-order valence-electron chi connectivity index (χ1n) is 13.1. The normalized spacial score (nSPS) is 12.0. The zero-order chi connectivity index (χ0) is 28.8. The van der Waals surface area contributed by atoms with Crippen molar-refractivity contribution in [3.05, 3.63) is 100 Å². The summed E-state index contributed by atoms with van der Waals surface area (Å²) in [6.07, 6.45) is -2.72. The predicted octanol–water partition coefficient (Wildman–Crippen LogP) is 8.48. The van der Waals surface area contributed by atoms with Gasteiger partial charge in [-0.05, 0) is 47.2 Å². The Kier molecular flexibility index (Phi) is 13.3. The molecule has 0 radical (unpaired) electrons. The van der Waals surface area contributed by atoms with Crippen molar-refractivity contribution < 1.29 is 27.8 Å². The Balaban J connectivity index is 0.00000170. The molecule has 0 aliphatic heterocycles.